The molecule has 1 amide bonds. The van der Waals surface area contributed by atoms with Gasteiger partial charge in [-0.2, -0.15) is 0 Å². The van der Waals surface area contributed by atoms with E-state index in [1.165, 1.54) is 12.1 Å². The summed E-state index contributed by atoms with van der Waals surface area (Å²) in [7, 11) is 0. The number of amides is 1. The maximum absolute atomic E-state index is 13.2. The summed E-state index contributed by atoms with van der Waals surface area (Å²) in [4.78, 5) is 14.4. The van der Waals surface area contributed by atoms with E-state index < -0.39 is 0 Å². The Kier molecular flexibility index (Phi) is 5.11. The molecule has 0 bridgehead atoms. The average Bonchev–Trinajstić information content (AvgIpc) is 3.09. The quantitative estimate of drug-likeness (QED) is 0.918. The normalized spacial score (nSPS) is 17.1. The van der Waals surface area contributed by atoms with Crippen LogP contribution >= 0.6 is 0 Å². The average molecular weight is 328 g/mol. The SMILES string of the molecule is NC[C@H]1CCN(C(=O)c2cccc(COc3cccc(F)c3)c2)C1. The zero-order chi connectivity index (χ0) is 16.9. The maximum atomic E-state index is 13.2. The highest BCUT2D eigenvalue weighted by Gasteiger charge is 2.25. The second kappa shape index (κ2) is 7.45. The summed E-state index contributed by atoms with van der Waals surface area (Å²) < 4.78 is 18.7. The van der Waals surface area contributed by atoms with E-state index >= 15 is 0 Å². The number of carbonyl (C=O) groups is 1. The molecule has 126 valence electrons. The summed E-state index contributed by atoms with van der Waals surface area (Å²) >= 11 is 0. The molecule has 2 N–H and O–H groups in total. The van der Waals surface area contributed by atoms with Gasteiger partial charge in [0.25, 0.3) is 5.91 Å². The van der Waals surface area contributed by atoms with Gasteiger partial charge in [-0.15, -0.1) is 0 Å². The fourth-order valence-corrected chi connectivity index (χ4v) is 2.91. The van der Waals surface area contributed by atoms with Gasteiger partial charge >= 0.3 is 0 Å². The third-order valence-corrected chi connectivity index (χ3v) is 4.28. The van der Waals surface area contributed by atoms with E-state index in [1.807, 2.05) is 29.2 Å². The van der Waals surface area contributed by atoms with Gasteiger partial charge < -0.3 is 15.4 Å². The number of nitrogens with zero attached hydrogens (tertiary/aromatic N) is 1. The minimum absolute atomic E-state index is 0.0264. The molecule has 1 aliphatic heterocycles. The molecule has 2 aromatic carbocycles. The molecule has 24 heavy (non-hydrogen) atoms. The molecule has 0 radical (unpaired) electrons. The molecule has 0 unspecified atom stereocenters. The van der Waals surface area contributed by atoms with Crippen LogP contribution in [0.5, 0.6) is 5.75 Å². The van der Waals surface area contributed by atoms with Gasteiger partial charge in [0.15, 0.2) is 0 Å². The summed E-state index contributed by atoms with van der Waals surface area (Å²) in [6.45, 7) is 2.38. The Morgan fingerprint density at radius 1 is 1.25 bits per heavy atom. The Labute approximate surface area is 141 Å². The second-order valence-electron chi connectivity index (χ2n) is 6.09. The van der Waals surface area contributed by atoms with E-state index in [0.29, 0.717) is 23.8 Å². The first-order chi connectivity index (χ1) is 11.7. The lowest BCUT2D eigenvalue weighted by Gasteiger charge is -2.17. The Balaban J connectivity index is 1.64. The molecule has 0 saturated carbocycles. The molecule has 2 aromatic rings. The van der Waals surface area contributed by atoms with E-state index in [4.69, 9.17) is 10.5 Å². The van der Waals surface area contributed by atoms with Crippen molar-refractivity contribution >= 4 is 5.91 Å². The number of nitrogens with two attached hydrogens (primary N) is 1. The Bertz CT molecular complexity index is 720. The number of hydrogen-bond donors (Lipinski definition) is 1. The summed E-state index contributed by atoms with van der Waals surface area (Å²) in [6.07, 6.45) is 0.963. The molecule has 1 aliphatic rings. The smallest absolute Gasteiger partial charge is 0.253 e. The predicted octanol–water partition coefficient (Wildman–Crippen LogP) is 2.83. The molecular weight excluding hydrogens is 307 g/mol. The first-order valence-corrected chi connectivity index (χ1v) is 8.12. The van der Waals surface area contributed by atoms with Crippen molar-refractivity contribution in [1.29, 1.82) is 0 Å². The number of halogens is 1. The van der Waals surface area contributed by atoms with Crippen LogP contribution in [0.3, 0.4) is 0 Å². The molecule has 1 atom stereocenters. The van der Waals surface area contributed by atoms with Crippen LogP contribution in [0.4, 0.5) is 4.39 Å². The van der Waals surface area contributed by atoms with E-state index in [9.17, 15) is 9.18 Å². The molecule has 1 saturated heterocycles. The first kappa shape index (κ1) is 16.5. The summed E-state index contributed by atoms with van der Waals surface area (Å²) in [5.41, 5.74) is 7.20. The Morgan fingerprint density at radius 2 is 2.08 bits per heavy atom. The van der Waals surface area contributed by atoms with E-state index in [-0.39, 0.29) is 18.3 Å². The second-order valence-corrected chi connectivity index (χ2v) is 6.09. The van der Waals surface area contributed by atoms with Crippen LogP contribution in [0.2, 0.25) is 0 Å². The number of carbonyl (C=O) groups excluding carboxylic acids is 1. The molecule has 0 spiro atoms. The number of hydrogen-bond acceptors (Lipinski definition) is 3. The van der Waals surface area contributed by atoms with Crippen LogP contribution in [0, 0.1) is 11.7 Å². The highest BCUT2D eigenvalue weighted by atomic mass is 19.1. The van der Waals surface area contributed by atoms with Crippen LogP contribution in [-0.4, -0.2) is 30.4 Å². The zero-order valence-corrected chi connectivity index (χ0v) is 13.5. The molecular formula is C19H21FN2O2. The first-order valence-electron chi connectivity index (χ1n) is 8.12. The van der Waals surface area contributed by atoms with Crippen molar-refractivity contribution in [2.24, 2.45) is 11.7 Å². The minimum atomic E-state index is -0.333. The van der Waals surface area contributed by atoms with Crippen molar-refractivity contribution in [3.8, 4) is 5.75 Å². The Hall–Kier alpha value is -2.40. The standard InChI is InChI=1S/C19H21FN2O2/c20-17-5-2-6-18(10-17)24-13-14-3-1-4-16(9-14)19(23)22-8-7-15(11-21)12-22/h1-6,9-10,15H,7-8,11-13,21H2/t15-/m1/s1. The molecule has 0 aliphatic carbocycles. The number of rotatable bonds is 5. The van der Waals surface area contributed by atoms with Gasteiger partial charge in [-0.25, -0.2) is 4.39 Å². The molecule has 0 aromatic heterocycles. The van der Waals surface area contributed by atoms with Gasteiger partial charge in [0.1, 0.15) is 18.2 Å². The fraction of sp³-hybridized carbons (Fsp3) is 0.316. The highest BCUT2D eigenvalue weighted by molar-refractivity contribution is 5.94. The maximum Gasteiger partial charge on any atom is 0.253 e. The van der Waals surface area contributed by atoms with E-state index in [2.05, 4.69) is 0 Å². The number of likely N-dealkylation sites (tertiary alicyclic amines) is 1. The minimum Gasteiger partial charge on any atom is -0.489 e. The van der Waals surface area contributed by atoms with Crippen molar-refractivity contribution < 1.29 is 13.9 Å². The van der Waals surface area contributed by atoms with Gasteiger partial charge in [-0.3, -0.25) is 4.79 Å². The topological polar surface area (TPSA) is 55.6 Å². The lowest BCUT2D eigenvalue weighted by atomic mass is 10.1. The molecule has 3 rings (SSSR count). The van der Waals surface area contributed by atoms with Gasteiger partial charge in [0.05, 0.1) is 0 Å². The zero-order valence-electron chi connectivity index (χ0n) is 13.5. The number of benzene rings is 2. The van der Waals surface area contributed by atoms with Crippen molar-refractivity contribution in [1.82, 2.24) is 4.90 Å². The van der Waals surface area contributed by atoms with Crippen LogP contribution in [0.15, 0.2) is 48.5 Å². The van der Waals surface area contributed by atoms with E-state index in [0.717, 1.165) is 25.1 Å². The van der Waals surface area contributed by atoms with Crippen LogP contribution in [0.1, 0.15) is 22.3 Å². The summed E-state index contributed by atoms with van der Waals surface area (Å²) in [5.74, 6) is 0.559. The van der Waals surface area contributed by atoms with Gasteiger partial charge in [-0.05, 0) is 48.7 Å². The highest BCUT2D eigenvalue weighted by Crippen LogP contribution is 2.19. The largest absolute Gasteiger partial charge is 0.489 e. The van der Waals surface area contributed by atoms with Crippen LogP contribution < -0.4 is 10.5 Å². The van der Waals surface area contributed by atoms with Crippen molar-refractivity contribution in [2.75, 3.05) is 19.6 Å². The summed E-state index contributed by atoms with van der Waals surface area (Å²) in [6, 6.07) is 13.4. The fourth-order valence-electron chi connectivity index (χ4n) is 2.91. The predicted molar refractivity (Wildman–Crippen MR) is 90.2 cm³/mol. The van der Waals surface area contributed by atoms with Gasteiger partial charge in [0, 0.05) is 24.7 Å². The lowest BCUT2D eigenvalue weighted by Crippen LogP contribution is -2.29. The Morgan fingerprint density at radius 3 is 2.83 bits per heavy atom. The lowest BCUT2D eigenvalue weighted by molar-refractivity contribution is 0.0787. The van der Waals surface area contributed by atoms with E-state index in [1.54, 1.807) is 12.1 Å². The summed E-state index contributed by atoms with van der Waals surface area (Å²) in [5, 5.41) is 0. The van der Waals surface area contributed by atoms with Crippen LogP contribution in [-0.2, 0) is 6.61 Å². The van der Waals surface area contributed by atoms with Crippen molar-refractivity contribution in [3.63, 3.8) is 0 Å². The molecule has 4 nitrogen and oxygen atoms in total. The third-order valence-electron chi connectivity index (χ3n) is 4.28. The number of ether oxygens (including phenoxy) is 1. The third kappa shape index (κ3) is 3.92. The molecule has 5 heteroatoms. The van der Waals surface area contributed by atoms with Gasteiger partial charge in [-0.1, -0.05) is 18.2 Å². The van der Waals surface area contributed by atoms with Gasteiger partial charge in [0.2, 0.25) is 0 Å². The van der Waals surface area contributed by atoms with Crippen LogP contribution in [0.25, 0.3) is 0 Å². The monoisotopic (exact) mass is 328 g/mol. The van der Waals surface area contributed by atoms with Crippen molar-refractivity contribution in [3.05, 3.63) is 65.5 Å². The molecule has 1 heterocycles. The molecule has 1 fully saturated rings. The van der Waals surface area contributed by atoms with Crippen molar-refractivity contribution in [2.45, 2.75) is 13.0 Å².